The molecule has 4 fully saturated rings. The standard InChI is InChI=1S/C17H24N2O3/c1-11-2-14(22-19-11)9-18-15(20)8-16-4-12-3-13(5-16)7-17(21,6-12)10-16/h2,12-13,21H,3-10H2,1H3,(H,18,20). The van der Waals surface area contributed by atoms with Crippen molar-refractivity contribution in [1.29, 1.82) is 0 Å². The van der Waals surface area contributed by atoms with E-state index in [0.717, 1.165) is 37.8 Å². The highest BCUT2D eigenvalue weighted by atomic mass is 16.5. The number of aromatic nitrogens is 1. The van der Waals surface area contributed by atoms with Crippen molar-refractivity contribution in [2.75, 3.05) is 0 Å². The minimum Gasteiger partial charge on any atom is -0.390 e. The van der Waals surface area contributed by atoms with E-state index in [0.29, 0.717) is 30.6 Å². The minimum absolute atomic E-state index is 0.0280. The van der Waals surface area contributed by atoms with E-state index < -0.39 is 5.60 Å². The molecule has 22 heavy (non-hydrogen) atoms. The zero-order chi connectivity index (χ0) is 15.4. The monoisotopic (exact) mass is 304 g/mol. The van der Waals surface area contributed by atoms with E-state index in [1.54, 1.807) is 0 Å². The zero-order valence-electron chi connectivity index (χ0n) is 13.1. The lowest BCUT2D eigenvalue weighted by atomic mass is 9.47. The van der Waals surface area contributed by atoms with Gasteiger partial charge in [-0.2, -0.15) is 0 Å². The lowest BCUT2D eigenvalue weighted by Crippen LogP contribution is -2.56. The van der Waals surface area contributed by atoms with Crippen molar-refractivity contribution in [1.82, 2.24) is 10.5 Å². The van der Waals surface area contributed by atoms with Crippen LogP contribution in [0.1, 0.15) is 56.4 Å². The van der Waals surface area contributed by atoms with Crippen molar-refractivity contribution in [3.63, 3.8) is 0 Å². The predicted octanol–water partition coefficient (Wildman–Crippen LogP) is 2.32. The fraction of sp³-hybridized carbons (Fsp3) is 0.765. The van der Waals surface area contributed by atoms with Gasteiger partial charge >= 0.3 is 0 Å². The van der Waals surface area contributed by atoms with Crippen LogP contribution in [-0.2, 0) is 11.3 Å². The van der Waals surface area contributed by atoms with E-state index in [2.05, 4.69) is 10.5 Å². The van der Waals surface area contributed by atoms with Crippen molar-refractivity contribution in [3.05, 3.63) is 17.5 Å². The van der Waals surface area contributed by atoms with Gasteiger partial charge in [-0.25, -0.2) is 0 Å². The predicted molar refractivity (Wildman–Crippen MR) is 79.8 cm³/mol. The second-order valence-electron chi connectivity index (χ2n) is 8.07. The molecule has 0 spiro atoms. The van der Waals surface area contributed by atoms with Crippen LogP contribution in [0.4, 0.5) is 0 Å². The van der Waals surface area contributed by atoms with Gasteiger partial charge in [0.1, 0.15) is 0 Å². The zero-order valence-corrected chi connectivity index (χ0v) is 13.1. The Bertz CT molecular complexity index is 580. The van der Waals surface area contributed by atoms with Gasteiger partial charge in [0.2, 0.25) is 5.91 Å². The van der Waals surface area contributed by atoms with Gasteiger partial charge in [0.15, 0.2) is 5.76 Å². The van der Waals surface area contributed by atoms with Crippen LogP contribution in [0.5, 0.6) is 0 Å². The summed E-state index contributed by atoms with van der Waals surface area (Å²) in [6, 6.07) is 1.84. The molecule has 4 saturated carbocycles. The molecule has 5 nitrogen and oxygen atoms in total. The second kappa shape index (κ2) is 4.82. The average Bonchev–Trinajstić information content (AvgIpc) is 2.78. The van der Waals surface area contributed by atoms with Gasteiger partial charge in [-0.3, -0.25) is 4.79 Å². The lowest BCUT2D eigenvalue weighted by molar-refractivity contribution is -0.169. The van der Waals surface area contributed by atoms with Crippen LogP contribution in [-0.4, -0.2) is 21.8 Å². The van der Waals surface area contributed by atoms with E-state index in [9.17, 15) is 9.90 Å². The molecule has 1 amide bonds. The third kappa shape index (κ3) is 2.56. The van der Waals surface area contributed by atoms with Gasteiger partial charge in [0, 0.05) is 12.5 Å². The summed E-state index contributed by atoms with van der Waals surface area (Å²) in [5.74, 6) is 2.00. The molecule has 2 atom stereocenters. The normalized spacial score (nSPS) is 39.2. The van der Waals surface area contributed by atoms with Crippen molar-refractivity contribution < 1.29 is 14.4 Å². The molecule has 1 aromatic rings. The molecule has 120 valence electrons. The van der Waals surface area contributed by atoms with Crippen LogP contribution in [0.2, 0.25) is 0 Å². The van der Waals surface area contributed by atoms with Crippen LogP contribution in [0.15, 0.2) is 10.6 Å². The molecule has 2 unspecified atom stereocenters. The first kappa shape index (κ1) is 14.2. The van der Waals surface area contributed by atoms with Gasteiger partial charge in [-0.15, -0.1) is 0 Å². The maximum absolute atomic E-state index is 12.4. The fourth-order valence-corrected chi connectivity index (χ4v) is 5.70. The average molecular weight is 304 g/mol. The third-order valence-electron chi connectivity index (χ3n) is 5.82. The van der Waals surface area contributed by atoms with Crippen molar-refractivity contribution in [2.24, 2.45) is 17.3 Å². The van der Waals surface area contributed by atoms with Crippen molar-refractivity contribution in [3.8, 4) is 0 Å². The first-order valence-corrected chi connectivity index (χ1v) is 8.35. The largest absolute Gasteiger partial charge is 0.390 e. The third-order valence-corrected chi connectivity index (χ3v) is 5.82. The number of amides is 1. The number of hydrogen-bond acceptors (Lipinski definition) is 4. The molecule has 4 bridgehead atoms. The lowest BCUT2D eigenvalue weighted by Gasteiger charge is -2.60. The van der Waals surface area contributed by atoms with Crippen molar-refractivity contribution in [2.45, 2.75) is 64.0 Å². The van der Waals surface area contributed by atoms with Gasteiger partial charge < -0.3 is 14.9 Å². The van der Waals surface area contributed by atoms with E-state index in [1.807, 2.05) is 13.0 Å². The number of hydrogen-bond donors (Lipinski definition) is 2. The van der Waals surface area contributed by atoms with E-state index in [4.69, 9.17) is 4.52 Å². The number of aliphatic hydroxyl groups is 1. The fourth-order valence-electron chi connectivity index (χ4n) is 5.70. The number of nitrogens with zero attached hydrogens (tertiary/aromatic N) is 1. The quantitative estimate of drug-likeness (QED) is 0.895. The molecule has 2 N–H and O–H groups in total. The van der Waals surface area contributed by atoms with E-state index in [1.165, 1.54) is 6.42 Å². The molecule has 0 radical (unpaired) electrons. The summed E-state index contributed by atoms with van der Waals surface area (Å²) in [6.45, 7) is 2.26. The summed E-state index contributed by atoms with van der Waals surface area (Å²) >= 11 is 0. The van der Waals surface area contributed by atoms with Gasteiger partial charge in [-0.05, 0) is 62.7 Å². The maximum atomic E-state index is 12.4. The van der Waals surface area contributed by atoms with Gasteiger partial charge in [0.05, 0.1) is 17.8 Å². The van der Waals surface area contributed by atoms with Gasteiger partial charge in [-0.1, -0.05) is 5.16 Å². The first-order valence-electron chi connectivity index (χ1n) is 8.35. The Balaban J connectivity index is 1.39. The van der Waals surface area contributed by atoms with Crippen LogP contribution < -0.4 is 5.32 Å². The van der Waals surface area contributed by atoms with Crippen molar-refractivity contribution >= 4 is 5.91 Å². The summed E-state index contributed by atoms with van der Waals surface area (Å²) in [4.78, 5) is 12.4. The number of carbonyl (C=O) groups is 1. The molecule has 0 saturated heterocycles. The topological polar surface area (TPSA) is 75.4 Å². The Morgan fingerprint density at radius 2 is 2.14 bits per heavy atom. The Hall–Kier alpha value is -1.36. The molecule has 5 heteroatoms. The highest BCUT2D eigenvalue weighted by Crippen LogP contribution is 2.62. The minimum atomic E-state index is -0.494. The summed E-state index contributed by atoms with van der Waals surface area (Å²) in [7, 11) is 0. The molecule has 0 aliphatic heterocycles. The number of rotatable bonds is 4. The van der Waals surface area contributed by atoms with Gasteiger partial charge in [0.25, 0.3) is 0 Å². The smallest absolute Gasteiger partial charge is 0.220 e. The second-order valence-corrected chi connectivity index (χ2v) is 8.07. The maximum Gasteiger partial charge on any atom is 0.220 e. The summed E-state index contributed by atoms with van der Waals surface area (Å²) < 4.78 is 5.12. The highest BCUT2D eigenvalue weighted by Gasteiger charge is 2.57. The molecule has 4 aliphatic rings. The Kier molecular flexibility index (Phi) is 3.12. The molecule has 4 aliphatic carbocycles. The number of aryl methyl sites for hydroxylation is 1. The van der Waals surface area contributed by atoms with E-state index in [-0.39, 0.29) is 11.3 Å². The number of nitrogens with one attached hydrogen (secondary N) is 1. The molecular formula is C17H24N2O3. The van der Waals surface area contributed by atoms with Crippen LogP contribution >= 0.6 is 0 Å². The summed E-state index contributed by atoms with van der Waals surface area (Å²) in [5, 5.41) is 17.5. The Labute approximate surface area is 130 Å². The SMILES string of the molecule is Cc1cc(CNC(=O)CC23CC4CC(CC(O)(C4)C2)C3)on1. The molecular weight excluding hydrogens is 280 g/mol. The molecule has 5 rings (SSSR count). The van der Waals surface area contributed by atoms with E-state index >= 15 is 0 Å². The van der Waals surface area contributed by atoms with Crippen LogP contribution in [0, 0.1) is 24.2 Å². The summed E-state index contributed by atoms with van der Waals surface area (Å²) in [6.07, 6.45) is 6.72. The van der Waals surface area contributed by atoms with Crippen LogP contribution in [0.25, 0.3) is 0 Å². The first-order chi connectivity index (χ1) is 10.4. The molecule has 1 heterocycles. The van der Waals surface area contributed by atoms with Crippen LogP contribution in [0.3, 0.4) is 0 Å². The number of carbonyl (C=O) groups excluding carboxylic acids is 1. The molecule has 0 aromatic carbocycles. The highest BCUT2D eigenvalue weighted by molar-refractivity contribution is 5.76. The molecule has 1 aromatic heterocycles. The summed E-state index contributed by atoms with van der Waals surface area (Å²) in [5.41, 5.74) is 0.361. The Morgan fingerprint density at radius 1 is 1.41 bits per heavy atom. The Morgan fingerprint density at radius 3 is 2.73 bits per heavy atom.